The molecule has 274 valence electrons. The zero-order chi connectivity index (χ0) is 37.3. The third-order valence-corrected chi connectivity index (χ3v) is 9.80. The van der Waals surface area contributed by atoms with E-state index in [9.17, 15) is 9.59 Å². The number of hydrogen-bond acceptors (Lipinski definition) is 8. The summed E-state index contributed by atoms with van der Waals surface area (Å²) in [5.41, 5.74) is -0.909. The van der Waals surface area contributed by atoms with Crippen molar-refractivity contribution in [1.82, 2.24) is 5.32 Å². The molecule has 2 saturated heterocycles. The maximum absolute atomic E-state index is 16.2. The van der Waals surface area contributed by atoms with Crippen LogP contribution in [0.2, 0.25) is 10.0 Å². The van der Waals surface area contributed by atoms with E-state index < -0.39 is 58.8 Å². The lowest BCUT2D eigenvalue weighted by Crippen LogP contribution is -2.48. The zero-order valence-electron chi connectivity index (χ0n) is 29.4. The molecule has 9 nitrogen and oxygen atoms in total. The lowest BCUT2D eigenvalue weighted by molar-refractivity contribution is -0.142. The topological polar surface area (TPSA) is 107 Å². The molecule has 51 heavy (non-hydrogen) atoms. The van der Waals surface area contributed by atoms with Gasteiger partial charge in [0, 0.05) is 22.4 Å². The molecule has 0 radical (unpaired) electrons. The Morgan fingerprint density at radius 3 is 2.49 bits per heavy atom. The van der Waals surface area contributed by atoms with Gasteiger partial charge >= 0.3 is 5.97 Å². The van der Waals surface area contributed by atoms with Crippen LogP contribution in [0.15, 0.2) is 59.6 Å². The number of hydrogen-bond donors (Lipinski definition) is 2. The summed E-state index contributed by atoms with van der Waals surface area (Å²) in [7, 11) is 1.40. The predicted octanol–water partition coefficient (Wildman–Crippen LogP) is 7.73. The van der Waals surface area contributed by atoms with Crippen molar-refractivity contribution in [3.8, 4) is 5.75 Å². The molecule has 0 saturated carbocycles. The molecular weight excluding hydrogens is 703 g/mol. The number of ether oxygens (including phenoxy) is 4. The monoisotopic (exact) mass is 745 g/mol. The summed E-state index contributed by atoms with van der Waals surface area (Å²) >= 11 is 12.5. The van der Waals surface area contributed by atoms with E-state index in [0.717, 1.165) is 0 Å². The highest BCUT2D eigenvalue weighted by molar-refractivity contribution is 6.31. The van der Waals surface area contributed by atoms with Crippen molar-refractivity contribution in [2.75, 3.05) is 32.2 Å². The van der Waals surface area contributed by atoms with Crippen LogP contribution in [0.4, 0.5) is 14.5 Å². The molecule has 5 atom stereocenters. The van der Waals surface area contributed by atoms with E-state index >= 15 is 8.78 Å². The van der Waals surface area contributed by atoms with Gasteiger partial charge in [0.25, 0.3) is 0 Å². The quantitative estimate of drug-likeness (QED) is 0.153. The Labute approximate surface area is 307 Å². The van der Waals surface area contributed by atoms with Gasteiger partial charge < -0.3 is 29.6 Å². The molecule has 2 aliphatic rings. The maximum atomic E-state index is 16.2. The third kappa shape index (κ3) is 8.23. The lowest BCUT2D eigenvalue weighted by atomic mass is 9.61. The molecular formula is C38H43Cl2F2N3O6. The van der Waals surface area contributed by atoms with E-state index in [1.807, 2.05) is 20.8 Å². The number of nitrogens with one attached hydrogen (secondary N) is 2. The minimum absolute atomic E-state index is 0.0108. The molecule has 0 aliphatic carbocycles. The molecule has 1 amide bonds. The van der Waals surface area contributed by atoms with Crippen LogP contribution in [0.3, 0.4) is 0 Å². The average Bonchev–Trinajstić information content (AvgIpc) is 3.56. The molecule has 3 aromatic carbocycles. The van der Waals surface area contributed by atoms with Crippen molar-refractivity contribution < 1.29 is 37.3 Å². The van der Waals surface area contributed by atoms with Crippen molar-refractivity contribution in [2.24, 2.45) is 10.4 Å². The summed E-state index contributed by atoms with van der Waals surface area (Å²) in [6.07, 6.45) is 0.0374. The number of nitrogens with zero attached hydrogens (tertiary/aromatic N) is 1. The number of benzene rings is 3. The normalized spacial score (nSPS) is 24.3. The first kappa shape index (κ1) is 38.6. The van der Waals surface area contributed by atoms with E-state index in [1.165, 1.54) is 37.4 Å². The maximum Gasteiger partial charge on any atom is 0.338 e. The van der Waals surface area contributed by atoms with Crippen LogP contribution >= 0.6 is 23.2 Å². The van der Waals surface area contributed by atoms with E-state index in [-0.39, 0.29) is 63.3 Å². The van der Waals surface area contributed by atoms with Gasteiger partial charge in [0.1, 0.15) is 30.1 Å². The van der Waals surface area contributed by atoms with E-state index in [2.05, 4.69) is 22.3 Å². The van der Waals surface area contributed by atoms with Crippen molar-refractivity contribution in [3.63, 3.8) is 0 Å². The Kier molecular flexibility index (Phi) is 11.5. The molecule has 2 fully saturated rings. The van der Waals surface area contributed by atoms with Crippen LogP contribution in [0.25, 0.3) is 0 Å². The highest BCUT2D eigenvalue weighted by Crippen LogP contribution is 2.53. The fraction of sp³-hybridized carbons (Fsp3) is 0.447. The Morgan fingerprint density at radius 2 is 1.86 bits per heavy atom. The number of carbonyl (C=O) groups excluding carboxylic acids is 2. The predicted molar refractivity (Wildman–Crippen MR) is 193 cm³/mol. The molecule has 2 N–H and O–H groups in total. The summed E-state index contributed by atoms with van der Waals surface area (Å²) in [5.74, 6) is -4.16. The van der Waals surface area contributed by atoms with E-state index in [4.69, 9.17) is 42.1 Å². The molecule has 13 heteroatoms. The van der Waals surface area contributed by atoms with E-state index in [0.29, 0.717) is 6.42 Å². The minimum Gasteiger partial charge on any atom is -0.495 e. The van der Waals surface area contributed by atoms with Crippen LogP contribution < -0.4 is 15.4 Å². The van der Waals surface area contributed by atoms with Crippen LogP contribution in [0, 0.1) is 17.0 Å². The highest BCUT2D eigenvalue weighted by Gasteiger charge is 2.60. The molecule has 0 aromatic heterocycles. The Bertz CT molecular complexity index is 1800. The van der Waals surface area contributed by atoms with Crippen LogP contribution in [0.5, 0.6) is 5.75 Å². The number of amides is 1. The second-order valence-corrected chi connectivity index (χ2v) is 15.4. The van der Waals surface area contributed by atoms with Gasteiger partial charge in [-0.05, 0) is 79.9 Å². The minimum atomic E-state index is -1.32. The summed E-state index contributed by atoms with van der Waals surface area (Å²) in [6.45, 7) is 13.6. The first-order valence-electron chi connectivity index (χ1n) is 16.6. The van der Waals surface area contributed by atoms with Gasteiger partial charge in [0.15, 0.2) is 5.79 Å². The number of rotatable bonds is 11. The molecule has 0 spiro atoms. The first-order valence-corrected chi connectivity index (χ1v) is 17.3. The third-order valence-electron chi connectivity index (χ3n) is 9.28. The Morgan fingerprint density at radius 1 is 1.12 bits per heavy atom. The first-order chi connectivity index (χ1) is 24.0. The van der Waals surface area contributed by atoms with Crippen molar-refractivity contribution >= 4 is 47.5 Å². The van der Waals surface area contributed by atoms with Gasteiger partial charge in [-0.3, -0.25) is 9.79 Å². The van der Waals surface area contributed by atoms with E-state index in [1.54, 1.807) is 38.1 Å². The molecule has 5 unspecified atom stereocenters. The van der Waals surface area contributed by atoms with Crippen molar-refractivity contribution in [2.45, 2.75) is 76.3 Å². The number of anilines is 1. The van der Waals surface area contributed by atoms with Gasteiger partial charge in [0.2, 0.25) is 5.91 Å². The SMILES string of the molecule is C=NCC1(c2ccc(Cl)cc2F)C(CC(C)(C)C)NC(C(=O)Nc2ccc(C(=O)OCC3COC(C)(C)O3)cc2OC)C1c1cccc(Cl)c1F. The second-order valence-electron chi connectivity index (χ2n) is 14.6. The summed E-state index contributed by atoms with van der Waals surface area (Å²) in [5, 5.41) is 6.38. The van der Waals surface area contributed by atoms with Crippen LogP contribution in [0.1, 0.15) is 68.4 Å². The fourth-order valence-electron chi connectivity index (χ4n) is 7.20. The summed E-state index contributed by atoms with van der Waals surface area (Å²) < 4.78 is 54.5. The molecule has 2 aliphatic heterocycles. The molecule has 5 rings (SSSR count). The Hall–Kier alpha value is -3.61. The average molecular weight is 747 g/mol. The molecule has 3 aromatic rings. The number of aliphatic imine (C=N–C) groups is 1. The molecule has 0 bridgehead atoms. The fourth-order valence-corrected chi connectivity index (χ4v) is 7.54. The number of halogens is 4. The highest BCUT2D eigenvalue weighted by atomic mass is 35.5. The standard InChI is InChI=1S/C38H43Cl2F2N3O6/c1-36(2,3)17-30-38(20-43-6,25-13-12-22(39)16-27(25)41)31(24-9-8-10-26(40)32(24)42)33(45-30)34(46)44-28-14-11-21(15-29(28)48-7)35(47)49-18-23-19-50-37(4,5)51-23/h8-16,23,30-31,33,45H,6,17-20H2,1-5,7H3,(H,44,46). The van der Waals surface area contributed by atoms with Gasteiger partial charge in [0.05, 0.1) is 42.6 Å². The smallest absolute Gasteiger partial charge is 0.338 e. The number of methoxy groups -OCH3 is 1. The van der Waals surface area contributed by atoms with Gasteiger partial charge in [-0.2, -0.15) is 0 Å². The van der Waals surface area contributed by atoms with Crippen molar-refractivity contribution in [1.29, 1.82) is 0 Å². The number of carbonyl (C=O) groups is 2. The van der Waals surface area contributed by atoms with Crippen LogP contribution in [-0.4, -0.2) is 69.4 Å². The lowest BCUT2D eigenvalue weighted by Gasteiger charge is -2.42. The largest absolute Gasteiger partial charge is 0.495 e. The second kappa shape index (κ2) is 15.2. The molecule has 2 heterocycles. The number of esters is 1. The van der Waals surface area contributed by atoms with Gasteiger partial charge in [-0.15, -0.1) is 0 Å². The summed E-state index contributed by atoms with van der Waals surface area (Å²) in [4.78, 5) is 31.7. The Balaban J connectivity index is 1.54. The summed E-state index contributed by atoms with van der Waals surface area (Å²) in [6, 6.07) is 11.6. The van der Waals surface area contributed by atoms with Gasteiger partial charge in [-0.1, -0.05) is 62.2 Å². The van der Waals surface area contributed by atoms with Crippen molar-refractivity contribution in [3.05, 3.63) is 93.0 Å². The van der Waals surface area contributed by atoms with Gasteiger partial charge in [-0.25, -0.2) is 13.6 Å². The van der Waals surface area contributed by atoms with Crippen LogP contribution in [-0.2, 0) is 24.4 Å². The zero-order valence-corrected chi connectivity index (χ0v) is 31.0.